The topological polar surface area (TPSA) is 376 Å². The lowest BCUT2D eigenvalue weighted by atomic mass is 10.0. The zero-order chi connectivity index (χ0) is 45.3. The van der Waals surface area contributed by atoms with E-state index in [0.29, 0.717) is 12.8 Å². The van der Waals surface area contributed by atoms with Gasteiger partial charge < -0.3 is 67.9 Å². The highest BCUT2D eigenvalue weighted by Gasteiger charge is 2.29. The van der Waals surface area contributed by atoms with Crippen LogP contribution in [0.2, 0.25) is 0 Å². The predicted molar refractivity (Wildman–Crippen MR) is 209 cm³/mol. The lowest BCUT2D eigenvalue weighted by Crippen LogP contribution is -2.58. The number of hydrogen-bond donors (Lipinski definition) is 13. The second-order valence-electron chi connectivity index (χ2n) is 13.8. The molecule has 0 aromatic carbocycles. The second-order valence-corrected chi connectivity index (χ2v) is 13.8. The molecule has 0 saturated carbocycles. The number of amides is 7. The molecule has 1 radical (unpaired) electrons. The van der Waals surface area contributed by atoms with Gasteiger partial charge in [-0.2, -0.15) is 0 Å². The summed E-state index contributed by atoms with van der Waals surface area (Å²) in [5, 5.41) is 71.2. The molecule has 23 nitrogen and oxygen atoms in total. The summed E-state index contributed by atoms with van der Waals surface area (Å²) < 4.78 is 0. The SMILES string of the molecule is O=[C]CNC(=O)[C@H](CO)NC(=O)[C@H](CO)NC(=O)CNC(=O)[C@H](CO)NC(=O)[C@H](CO)NC(=O)CC[C@H](NC(=O)CCCCCCCCCCCCCCC(=O)O)C(=O)O. The van der Waals surface area contributed by atoms with Crippen molar-refractivity contribution in [1.82, 2.24) is 37.2 Å². The van der Waals surface area contributed by atoms with Crippen molar-refractivity contribution in [2.24, 2.45) is 0 Å². The van der Waals surface area contributed by atoms with Crippen LogP contribution in [-0.4, -0.2) is 160 Å². The van der Waals surface area contributed by atoms with Crippen LogP contribution in [0.5, 0.6) is 0 Å². The highest BCUT2D eigenvalue weighted by molar-refractivity contribution is 5.95. The number of nitrogens with one attached hydrogen (secondary N) is 7. The molecule has 0 aromatic heterocycles. The summed E-state index contributed by atoms with van der Waals surface area (Å²) in [5.41, 5.74) is 0. The standard InChI is InChI=1S/C37H62N7O16/c45-18-17-38-33(55)25(20-46)43-36(58)28(23-49)42-31(52)19-39-34(56)26(21-47)44-35(57)27(22-48)41-30(51)16-15-24(37(59)60)40-29(50)13-11-9-7-5-3-1-2-4-6-8-10-12-14-32(53)54/h24-28,46-49H,1-17,19-23H2,(H,38,55)(H,39,56)(H,40,50)(H,41,51)(H,42,52)(H,43,58)(H,44,57)(H,53,54)(H,59,60)/t24-,25-,26-,27-,28-/m0/s1. The smallest absolute Gasteiger partial charge is 0.326 e. The Morgan fingerprint density at radius 1 is 0.417 bits per heavy atom. The van der Waals surface area contributed by atoms with Crippen molar-refractivity contribution < 1.29 is 78.6 Å². The van der Waals surface area contributed by atoms with E-state index in [1.165, 1.54) is 6.29 Å². The number of carbonyl (C=O) groups excluding carboxylic acids is 8. The van der Waals surface area contributed by atoms with Gasteiger partial charge >= 0.3 is 11.9 Å². The maximum absolute atomic E-state index is 12.7. The second kappa shape index (κ2) is 33.6. The number of unbranched alkanes of at least 4 members (excludes halogenated alkanes) is 11. The van der Waals surface area contributed by atoms with Crippen LogP contribution < -0.4 is 37.2 Å². The van der Waals surface area contributed by atoms with Crippen LogP contribution in [-0.2, 0) is 47.9 Å². The van der Waals surface area contributed by atoms with Gasteiger partial charge in [0.2, 0.25) is 47.6 Å². The van der Waals surface area contributed by atoms with E-state index in [0.717, 1.165) is 64.2 Å². The fraction of sp³-hybridized carbons (Fsp3) is 0.730. The van der Waals surface area contributed by atoms with Crippen LogP contribution in [0.1, 0.15) is 103 Å². The fourth-order valence-electron chi connectivity index (χ4n) is 5.50. The molecule has 5 atom stereocenters. The van der Waals surface area contributed by atoms with Gasteiger partial charge in [0.05, 0.1) is 39.5 Å². The average Bonchev–Trinajstić information content (AvgIpc) is 3.22. The molecule has 0 aromatic rings. The minimum Gasteiger partial charge on any atom is -0.481 e. The predicted octanol–water partition coefficient (Wildman–Crippen LogP) is -3.87. The van der Waals surface area contributed by atoms with E-state index >= 15 is 0 Å². The maximum atomic E-state index is 12.7. The number of aliphatic hydroxyl groups excluding tert-OH is 4. The third-order valence-electron chi connectivity index (χ3n) is 8.90. The molecule has 0 rings (SSSR count). The van der Waals surface area contributed by atoms with Gasteiger partial charge in [0.25, 0.3) is 0 Å². The van der Waals surface area contributed by atoms with Gasteiger partial charge in [0.1, 0.15) is 30.2 Å². The number of carboxylic acids is 2. The Morgan fingerprint density at radius 3 is 1.20 bits per heavy atom. The molecule has 0 heterocycles. The van der Waals surface area contributed by atoms with E-state index < -0.39 is 129 Å². The molecule has 0 bridgehead atoms. The van der Waals surface area contributed by atoms with Gasteiger partial charge in [-0.1, -0.05) is 64.2 Å². The molecule has 13 N–H and O–H groups in total. The summed E-state index contributed by atoms with van der Waals surface area (Å²) in [6, 6.07) is -7.99. The number of rotatable bonds is 36. The van der Waals surface area contributed by atoms with Crippen LogP contribution in [0.25, 0.3) is 0 Å². The number of aliphatic hydroxyl groups is 4. The van der Waals surface area contributed by atoms with Crippen LogP contribution in [0.3, 0.4) is 0 Å². The minimum atomic E-state index is -1.71. The quantitative estimate of drug-likeness (QED) is 0.0268. The number of hydrogen-bond acceptors (Lipinski definition) is 14. The van der Waals surface area contributed by atoms with Gasteiger partial charge in [-0.3, -0.25) is 43.2 Å². The Labute approximate surface area is 347 Å². The van der Waals surface area contributed by atoms with Crippen molar-refractivity contribution in [3.63, 3.8) is 0 Å². The Hall–Kier alpha value is -5.26. The monoisotopic (exact) mass is 860 g/mol. The fourth-order valence-corrected chi connectivity index (χ4v) is 5.50. The Balaban J connectivity index is 4.65. The average molecular weight is 861 g/mol. The van der Waals surface area contributed by atoms with Crippen LogP contribution in [0.15, 0.2) is 0 Å². The molecule has 60 heavy (non-hydrogen) atoms. The normalized spacial score (nSPS) is 13.3. The number of aliphatic carboxylic acids is 2. The molecule has 0 aliphatic carbocycles. The summed E-state index contributed by atoms with van der Waals surface area (Å²) in [6.45, 7) is -5.24. The molecule has 0 unspecified atom stereocenters. The van der Waals surface area contributed by atoms with Crippen molar-refractivity contribution in [2.45, 2.75) is 133 Å². The summed E-state index contributed by atoms with van der Waals surface area (Å²) >= 11 is 0. The first kappa shape index (κ1) is 54.7. The molecular formula is C37H62N7O16. The zero-order valence-electron chi connectivity index (χ0n) is 33.7. The zero-order valence-corrected chi connectivity index (χ0v) is 33.7. The van der Waals surface area contributed by atoms with Crippen LogP contribution in [0.4, 0.5) is 0 Å². The molecule has 0 aliphatic heterocycles. The maximum Gasteiger partial charge on any atom is 0.326 e. The third kappa shape index (κ3) is 26.0. The molecule has 7 amide bonds. The largest absolute Gasteiger partial charge is 0.481 e. The summed E-state index contributed by atoms with van der Waals surface area (Å²) in [4.78, 5) is 119. The van der Waals surface area contributed by atoms with E-state index in [1.807, 2.05) is 10.6 Å². The lowest BCUT2D eigenvalue weighted by Gasteiger charge is -2.22. The Morgan fingerprint density at radius 2 is 0.783 bits per heavy atom. The molecule has 23 heteroatoms. The highest BCUT2D eigenvalue weighted by Crippen LogP contribution is 2.13. The van der Waals surface area contributed by atoms with E-state index in [-0.39, 0.29) is 19.3 Å². The molecule has 0 fully saturated rings. The van der Waals surface area contributed by atoms with Gasteiger partial charge in [0, 0.05) is 19.3 Å². The highest BCUT2D eigenvalue weighted by atomic mass is 16.4. The van der Waals surface area contributed by atoms with Gasteiger partial charge in [-0.25, -0.2) is 4.79 Å². The number of carboxylic acid groups (broad SMARTS) is 2. The van der Waals surface area contributed by atoms with E-state index in [9.17, 15) is 73.5 Å². The minimum absolute atomic E-state index is 0.0898. The van der Waals surface area contributed by atoms with Crippen molar-refractivity contribution in [3.05, 3.63) is 0 Å². The molecule has 341 valence electrons. The van der Waals surface area contributed by atoms with Crippen molar-refractivity contribution in [3.8, 4) is 0 Å². The third-order valence-corrected chi connectivity index (χ3v) is 8.90. The summed E-state index contributed by atoms with van der Waals surface area (Å²) in [7, 11) is 0. The summed E-state index contributed by atoms with van der Waals surface area (Å²) in [5.74, 6) is -8.92. The van der Waals surface area contributed by atoms with E-state index in [2.05, 4.69) is 26.6 Å². The van der Waals surface area contributed by atoms with E-state index in [1.54, 1.807) is 0 Å². The first-order chi connectivity index (χ1) is 28.6. The molecular weight excluding hydrogens is 798 g/mol. The molecule has 0 saturated heterocycles. The Kier molecular flexibility index (Phi) is 30.6. The first-order valence-electron chi connectivity index (χ1n) is 19.9. The van der Waals surface area contributed by atoms with Crippen molar-refractivity contribution in [2.75, 3.05) is 39.5 Å². The number of carbonyl (C=O) groups is 9. The lowest BCUT2D eigenvalue weighted by molar-refractivity contribution is -0.142. The Bertz CT molecular complexity index is 1380. The summed E-state index contributed by atoms with van der Waals surface area (Å²) in [6.07, 6.45) is 12.3. The van der Waals surface area contributed by atoms with Crippen molar-refractivity contribution >= 4 is 59.6 Å². The van der Waals surface area contributed by atoms with Gasteiger partial charge in [-0.05, 0) is 19.3 Å². The first-order valence-corrected chi connectivity index (χ1v) is 19.9. The van der Waals surface area contributed by atoms with Crippen molar-refractivity contribution in [1.29, 1.82) is 0 Å². The van der Waals surface area contributed by atoms with Crippen LogP contribution >= 0.6 is 0 Å². The van der Waals surface area contributed by atoms with Gasteiger partial charge in [0.15, 0.2) is 0 Å². The van der Waals surface area contributed by atoms with Gasteiger partial charge in [-0.15, -0.1) is 0 Å². The molecule has 0 spiro atoms. The molecule has 0 aliphatic rings. The van der Waals surface area contributed by atoms with E-state index in [4.69, 9.17) is 5.11 Å². The van der Waals surface area contributed by atoms with Crippen LogP contribution in [0, 0.1) is 0 Å².